The number of amides is 1. The van der Waals surface area contributed by atoms with E-state index >= 15 is 0 Å². The minimum Gasteiger partial charge on any atom is -0.365 e. The molecule has 0 saturated carbocycles. The molecule has 1 aromatic rings. The second kappa shape index (κ2) is 8.02. The Labute approximate surface area is 120 Å². The average Bonchev–Trinajstić information content (AvgIpc) is 2.40. The smallest absolute Gasteiger partial charge is 0.239 e. The van der Waals surface area contributed by atoms with Crippen LogP contribution in [0.1, 0.15) is 18.9 Å². The van der Waals surface area contributed by atoms with Crippen LogP contribution in [-0.4, -0.2) is 33.1 Å². The quantitative estimate of drug-likeness (QED) is 0.753. The van der Waals surface area contributed by atoms with Crippen LogP contribution in [0.3, 0.4) is 0 Å². The first-order valence-corrected chi connectivity index (χ1v) is 6.87. The Bertz CT molecular complexity index is 423. The molecule has 0 atom stereocenters. The van der Waals surface area contributed by atoms with Crippen LogP contribution in [0.25, 0.3) is 0 Å². The number of hydrogen-bond donors (Lipinski definition) is 2. The maximum atomic E-state index is 11.5. The van der Waals surface area contributed by atoms with E-state index in [9.17, 15) is 4.79 Å². The first-order valence-electron chi connectivity index (χ1n) is 6.50. The zero-order chi connectivity index (χ0) is 14.3. The Kier molecular flexibility index (Phi) is 6.67. The van der Waals surface area contributed by atoms with Crippen molar-refractivity contribution in [2.24, 2.45) is 0 Å². The van der Waals surface area contributed by atoms with Crippen molar-refractivity contribution in [1.29, 1.82) is 0 Å². The van der Waals surface area contributed by atoms with Gasteiger partial charge in [-0.25, -0.2) is 0 Å². The van der Waals surface area contributed by atoms with Crippen molar-refractivity contribution in [1.82, 2.24) is 10.6 Å². The van der Waals surface area contributed by atoms with Crippen LogP contribution < -0.4 is 15.5 Å². The molecule has 0 aliphatic carbocycles. The van der Waals surface area contributed by atoms with Gasteiger partial charge in [0.15, 0.2) is 0 Å². The van der Waals surface area contributed by atoms with Crippen LogP contribution in [-0.2, 0) is 11.3 Å². The van der Waals surface area contributed by atoms with Crippen LogP contribution in [0.15, 0.2) is 18.2 Å². The number of hydrogen-bond acceptors (Lipinski definition) is 3. The minimum absolute atomic E-state index is 0.0186. The zero-order valence-corrected chi connectivity index (χ0v) is 12.5. The van der Waals surface area contributed by atoms with Gasteiger partial charge in [-0.3, -0.25) is 4.79 Å². The molecular weight excluding hydrogens is 262 g/mol. The van der Waals surface area contributed by atoms with Crippen molar-refractivity contribution in [3.8, 4) is 0 Å². The zero-order valence-electron chi connectivity index (χ0n) is 11.8. The molecule has 0 bridgehead atoms. The molecule has 4 nitrogen and oxygen atoms in total. The van der Waals surface area contributed by atoms with E-state index in [1.807, 2.05) is 30.1 Å². The summed E-state index contributed by atoms with van der Waals surface area (Å²) in [5.74, 6) is -0.0186. The maximum absolute atomic E-state index is 11.5. The van der Waals surface area contributed by atoms with Gasteiger partial charge in [0.05, 0.1) is 6.54 Å². The predicted octanol–water partition coefficient (Wildman–Crippen LogP) is 2.02. The van der Waals surface area contributed by atoms with Crippen molar-refractivity contribution >= 4 is 23.2 Å². The van der Waals surface area contributed by atoms with Gasteiger partial charge in [0.25, 0.3) is 0 Å². The fraction of sp³-hybridized carbons (Fsp3) is 0.500. The van der Waals surface area contributed by atoms with Gasteiger partial charge >= 0.3 is 0 Å². The number of benzene rings is 1. The molecule has 0 spiro atoms. The summed E-state index contributed by atoms with van der Waals surface area (Å²) in [5.41, 5.74) is 2.02. The van der Waals surface area contributed by atoms with Crippen LogP contribution in [0.4, 0.5) is 5.69 Å². The maximum Gasteiger partial charge on any atom is 0.239 e. The van der Waals surface area contributed by atoms with Crippen LogP contribution >= 0.6 is 11.6 Å². The number of carbonyl (C=O) groups is 1. The predicted molar refractivity (Wildman–Crippen MR) is 80.8 cm³/mol. The Balaban J connectivity index is 2.86. The number of anilines is 1. The second-order valence-electron chi connectivity index (χ2n) is 4.44. The third-order valence-electron chi connectivity index (χ3n) is 2.89. The largest absolute Gasteiger partial charge is 0.365 e. The van der Waals surface area contributed by atoms with Crippen molar-refractivity contribution in [2.75, 3.05) is 32.1 Å². The van der Waals surface area contributed by atoms with Gasteiger partial charge in [-0.15, -0.1) is 0 Å². The Morgan fingerprint density at radius 1 is 1.42 bits per heavy atom. The highest BCUT2D eigenvalue weighted by atomic mass is 35.5. The van der Waals surface area contributed by atoms with Gasteiger partial charge in [0, 0.05) is 36.9 Å². The topological polar surface area (TPSA) is 44.4 Å². The van der Waals surface area contributed by atoms with E-state index in [4.69, 9.17) is 11.6 Å². The number of rotatable bonds is 7. The molecule has 0 unspecified atom stereocenters. The Hall–Kier alpha value is -1.26. The van der Waals surface area contributed by atoms with Crippen molar-refractivity contribution in [3.63, 3.8) is 0 Å². The van der Waals surface area contributed by atoms with Crippen LogP contribution in [0.2, 0.25) is 5.02 Å². The van der Waals surface area contributed by atoms with Crippen LogP contribution in [0, 0.1) is 0 Å². The Morgan fingerprint density at radius 2 is 2.16 bits per heavy atom. The first-order chi connectivity index (χ1) is 9.10. The molecule has 0 aliphatic heterocycles. The molecular formula is C14H22ClN3O. The van der Waals surface area contributed by atoms with Gasteiger partial charge in [0.2, 0.25) is 5.91 Å². The highest BCUT2D eigenvalue weighted by Gasteiger charge is 2.12. The summed E-state index contributed by atoms with van der Waals surface area (Å²) in [6.07, 6.45) is 1.08. The van der Waals surface area contributed by atoms with Gasteiger partial charge in [-0.1, -0.05) is 24.6 Å². The summed E-state index contributed by atoms with van der Waals surface area (Å²) in [6, 6.07) is 5.76. The molecule has 106 valence electrons. The number of likely N-dealkylation sites (N-methyl/N-ethyl adjacent to an activating group) is 2. The summed E-state index contributed by atoms with van der Waals surface area (Å²) in [6.45, 7) is 4.10. The van der Waals surface area contributed by atoms with Gasteiger partial charge in [0.1, 0.15) is 0 Å². The van der Waals surface area contributed by atoms with E-state index in [-0.39, 0.29) is 5.91 Å². The molecule has 0 aromatic heterocycles. The Morgan fingerprint density at radius 3 is 2.79 bits per heavy atom. The number of halogens is 1. The molecule has 5 heteroatoms. The lowest BCUT2D eigenvalue weighted by molar-refractivity contribution is -0.119. The summed E-state index contributed by atoms with van der Waals surface area (Å²) in [5, 5.41) is 6.69. The van der Waals surface area contributed by atoms with Crippen molar-refractivity contribution < 1.29 is 4.79 Å². The van der Waals surface area contributed by atoms with E-state index < -0.39 is 0 Å². The molecule has 0 saturated heterocycles. The standard InChI is InChI=1S/C14H22ClN3O/c1-4-8-17-9-11-12(15)6-5-7-13(11)18(3)10-14(19)16-2/h5-7,17H,4,8-10H2,1-3H3,(H,16,19). The molecule has 2 N–H and O–H groups in total. The minimum atomic E-state index is -0.0186. The highest BCUT2D eigenvalue weighted by Crippen LogP contribution is 2.26. The fourth-order valence-electron chi connectivity index (χ4n) is 1.85. The SMILES string of the molecule is CCCNCc1c(Cl)cccc1N(C)CC(=O)NC. The van der Waals surface area contributed by atoms with Crippen molar-refractivity contribution in [2.45, 2.75) is 19.9 Å². The fourth-order valence-corrected chi connectivity index (χ4v) is 2.09. The molecule has 0 radical (unpaired) electrons. The molecule has 1 aromatic carbocycles. The lowest BCUT2D eigenvalue weighted by Gasteiger charge is -2.22. The highest BCUT2D eigenvalue weighted by molar-refractivity contribution is 6.31. The summed E-state index contributed by atoms with van der Waals surface area (Å²) >= 11 is 6.26. The second-order valence-corrected chi connectivity index (χ2v) is 4.85. The van der Waals surface area contributed by atoms with E-state index in [0.717, 1.165) is 29.2 Å². The van der Waals surface area contributed by atoms with E-state index in [0.29, 0.717) is 13.1 Å². The molecule has 19 heavy (non-hydrogen) atoms. The van der Waals surface area contributed by atoms with Crippen molar-refractivity contribution in [3.05, 3.63) is 28.8 Å². The normalized spacial score (nSPS) is 10.3. The number of nitrogens with zero attached hydrogens (tertiary/aromatic N) is 1. The summed E-state index contributed by atoms with van der Waals surface area (Å²) < 4.78 is 0. The van der Waals surface area contributed by atoms with Gasteiger partial charge in [-0.2, -0.15) is 0 Å². The molecule has 0 fully saturated rings. The third-order valence-corrected chi connectivity index (χ3v) is 3.25. The van der Waals surface area contributed by atoms with E-state index in [1.54, 1.807) is 7.05 Å². The lowest BCUT2D eigenvalue weighted by Crippen LogP contribution is -2.33. The van der Waals surface area contributed by atoms with E-state index in [1.165, 1.54) is 0 Å². The third kappa shape index (κ3) is 4.73. The lowest BCUT2D eigenvalue weighted by atomic mass is 10.1. The average molecular weight is 284 g/mol. The molecule has 1 amide bonds. The van der Waals surface area contributed by atoms with Gasteiger partial charge < -0.3 is 15.5 Å². The van der Waals surface area contributed by atoms with Crippen LogP contribution in [0.5, 0.6) is 0 Å². The molecule has 1 rings (SSSR count). The van der Waals surface area contributed by atoms with Gasteiger partial charge in [-0.05, 0) is 25.1 Å². The molecule has 0 heterocycles. The summed E-state index contributed by atoms with van der Waals surface area (Å²) in [7, 11) is 3.53. The molecule has 0 aliphatic rings. The van der Waals surface area contributed by atoms with E-state index in [2.05, 4.69) is 17.6 Å². The number of carbonyl (C=O) groups excluding carboxylic acids is 1. The monoisotopic (exact) mass is 283 g/mol. The summed E-state index contributed by atoms with van der Waals surface area (Å²) in [4.78, 5) is 13.4. The number of nitrogens with one attached hydrogen (secondary N) is 2. The first kappa shape index (κ1) is 15.8.